The van der Waals surface area contributed by atoms with Crippen LogP contribution in [0, 0.1) is 11.7 Å². The van der Waals surface area contributed by atoms with Gasteiger partial charge in [0.25, 0.3) is 0 Å². The molecule has 0 radical (unpaired) electrons. The van der Waals surface area contributed by atoms with E-state index in [1.807, 2.05) is 24.3 Å². The standard InChI is InChI=1S/C25H26FNO3/c26-23-10-17(12-27-13-19(14-27)15-28)5-7-22(23)25-11-20-9-18(6-8-24(20)30-25)16-29-21-3-1-2-4-21/h5-11,15,19,21H,1-4,12-14,16H2. The number of rotatable bonds is 7. The Morgan fingerprint density at radius 1 is 1.07 bits per heavy atom. The highest BCUT2D eigenvalue weighted by Crippen LogP contribution is 2.31. The lowest BCUT2D eigenvalue weighted by atomic mass is 10.0. The minimum absolute atomic E-state index is 0.123. The summed E-state index contributed by atoms with van der Waals surface area (Å²) in [6.45, 7) is 2.77. The highest BCUT2D eigenvalue weighted by molar-refractivity contribution is 5.83. The number of ether oxygens (including phenoxy) is 1. The van der Waals surface area contributed by atoms with Gasteiger partial charge in [-0.05, 0) is 54.3 Å². The van der Waals surface area contributed by atoms with Gasteiger partial charge in [-0.25, -0.2) is 4.39 Å². The maximum atomic E-state index is 14.8. The second-order valence-corrected chi connectivity index (χ2v) is 8.60. The minimum atomic E-state index is -0.288. The van der Waals surface area contributed by atoms with Crippen LogP contribution in [0.4, 0.5) is 4.39 Å². The van der Waals surface area contributed by atoms with Crippen LogP contribution in [0.25, 0.3) is 22.3 Å². The third-order valence-corrected chi connectivity index (χ3v) is 6.25. The maximum Gasteiger partial charge on any atom is 0.138 e. The average Bonchev–Trinajstić information content (AvgIpc) is 3.38. The van der Waals surface area contributed by atoms with Crippen molar-refractivity contribution in [3.05, 3.63) is 59.4 Å². The third-order valence-electron chi connectivity index (χ3n) is 6.25. The number of hydrogen-bond acceptors (Lipinski definition) is 4. The molecule has 4 nitrogen and oxygen atoms in total. The van der Waals surface area contributed by atoms with E-state index in [2.05, 4.69) is 11.0 Å². The molecule has 5 rings (SSSR count). The Kier molecular flexibility index (Phi) is 5.40. The smallest absolute Gasteiger partial charge is 0.138 e. The summed E-state index contributed by atoms with van der Waals surface area (Å²) in [5.74, 6) is 0.370. The van der Waals surface area contributed by atoms with Crippen LogP contribution in [0.5, 0.6) is 0 Å². The fourth-order valence-electron chi connectivity index (χ4n) is 4.52. The Morgan fingerprint density at radius 3 is 2.63 bits per heavy atom. The van der Waals surface area contributed by atoms with Crippen LogP contribution in [0.2, 0.25) is 0 Å². The Balaban J connectivity index is 1.29. The van der Waals surface area contributed by atoms with E-state index >= 15 is 0 Å². The maximum absolute atomic E-state index is 14.8. The van der Waals surface area contributed by atoms with Crippen LogP contribution >= 0.6 is 0 Å². The number of benzene rings is 2. The molecule has 1 saturated heterocycles. The fourth-order valence-corrected chi connectivity index (χ4v) is 4.52. The van der Waals surface area contributed by atoms with Gasteiger partial charge in [0.15, 0.2) is 0 Å². The van der Waals surface area contributed by atoms with Gasteiger partial charge in [0.2, 0.25) is 0 Å². The summed E-state index contributed by atoms with van der Waals surface area (Å²) in [7, 11) is 0. The molecule has 2 heterocycles. The highest BCUT2D eigenvalue weighted by Gasteiger charge is 2.26. The molecule has 30 heavy (non-hydrogen) atoms. The number of fused-ring (bicyclic) bond motifs is 1. The summed E-state index contributed by atoms with van der Waals surface area (Å²) >= 11 is 0. The second-order valence-electron chi connectivity index (χ2n) is 8.60. The lowest BCUT2D eigenvalue weighted by Gasteiger charge is -2.36. The van der Waals surface area contributed by atoms with Gasteiger partial charge in [0.1, 0.15) is 23.4 Å². The summed E-state index contributed by atoms with van der Waals surface area (Å²) in [6.07, 6.45) is 6.21. The van der Waals surface area contributed by atoms with Crippen LogP contribution in [0.15, 0.2) is 46.9 Å². The number of carbonyl (C=O) groups is 1. The van der Waals surface area contributed by atoms with Crippen molar-refractivity contribution in [1.82, 2.24) is 4.90 Å². The fraction of sp³-hybridized carbons (Fsp3) is 0.400. The first-order valence-electron chi connectivity index (χ1n) is 10.8. The van der Waals surface area contributed by atoms with Crippen molar-refractivity contribution in [3.63, 3.8) is 0 Å². The van der Waals surface area contributed by atoms with Crippen LogP contribution < -0.4 is 0 Å². The van der Waals surface area contributed by atoms with Crippen LogP contribution in [-0.2, 0) is 22.7 Å². The van der Waals surface area contributed by atoms with E-state index in [9.17, 15) is 9.18 Å². The zero-order valence-electron chi connectivity index (χ0n) is 17.0. The minimum Gasteiger partial charge on any atom is -0.456 e. The first-order valence-corrected chi connectivity index (χ1v) is 10.8. The molecule has 2 fully saturated rings. The van der Waals surface area contributed by atoms with Gasteiger partial charge in [0.05, 0.1) is 18.3 Å². The second kappa shape index (κ2) is 8.32. The molecule has 2 aromatic carbocycles. The molecular formula is C25H26FNO3. The van der Waals surface area contributed by atoms with E-state index in [0.29, 0.717) is 30.6 Å². The Bertz CT molecular complexity index is 1050. The summed E-state index contributed by atoms with van der Waals surface area (Å²) in [5.41, 5.74) is 3.23. The summed E-state index contributed by atoms with van der Waals surface area (Å²) in [4.78, 5) is 12.9. The lowest BCUT2D eigenvalue weighted by molar-refractivity contribution is -0.115. The van der Waals surface area contributed by atoms with Crippen molar-refractivity contribution in [3.8, 4) is 11.3 Å². The molecule has 0 atom stereocenters. The number of carbonyl (C=O) groups excluding carboxylic acids is 1. The molecule has 0 unspecified atom stereocenters. The van der Waals surface area contributed by atoms with Crippen molar-refractivity contribution in [2.75, 3.05) is 13.1 Å². The van der Waals surface area contributed by atoms with Crippen LogP contribution in [0.3, 0.4) is 0 Å². The number of halogens is 1. The van der Waals surface area contributed by atoms with E-state index in [-0.39, 0.29) is 11.7 Å². The molecule has 0 spiro atoms. The number of furan rings is 1. The highest BCUT2D eigenvalue weighted by atomic mass is 19.1. The molecule has 5 heteroatoms. The molecule has 1 aromatic heterocycles. The predicted molar refractivity (Wildman–Crippen MR) is 113 cm³/mol. The van der Waals surface area contributed by atoms with Crippen molar-refractivity contribution >= 4 is 17.3 Å². The topological polar surface area (TPSA) is 42.7 Å². The first-order chi connectivity index (χ1) is 14.7. The molecule has 0 bridgehead atoms. The van der Waals surface area contributed by atoms with Gasteiger partial charge >= 0.3 is 0 Å². The number of likely N-dealkylation sites (tertiary alicyclic amines) is 1. The van der Waals surface area contributed by atoms with Gasteiger partial charge in [-0.3, -0.25) is 4.90 Å². The van der Waals surface area contributed by atoms with Crippen molar-refractivity contribution in [1.29, 1.82) is 0 Å². The molecule has 0 amide bonds. The number of hydrogen-bond donors (Lipinski definition) is 0. The normalized spacial score (nSPS) is 18.2. The average molecular weight is 407 g/mol. The molecule has 0 N–H and O–H groups in total. The zero-order chi connectivity index (χ0) is 20.5. The largest absolute Gasteiger partial charge is 0.456 e. The van der Waals surface area contributed by atoms with Crippen molar-refractivity contribution in [2.45, 2.75) is 44.9 Å². The van der Waals surface area contributed by atoms with Gasteiger partial charge in [0, 0.05) is 30.9 Å². The SMILES string of the molecule is O=CC1CN(Cc2ccc(-c3cc4cc(COC5CCCC5)ccc4o3)c(F)c2)C1. The molecule has 1 aliphatic carbocycles. The van der Waals surface area contributed by atoms with Crippen LogP contribution in [0.1, 0.15) is 36.8 Å². The van der Waals surface area contributed by atoms with Crippen molar-refractivity contribution in [2.24, 2.45) is 5.92 Å². The number of aldehydes is 1. The third kappa shape index (κ3) is 4.05. The van der Waals surface area contributed by atoms with Gasteiger partial charge in [-0.2, -0.15) is 0 Å². The molecule has 1 aliphatic heterocycles. The van der Waals surface area contributed by atoms with Gasteiger partial charge in [-0.15, -0.1) is 0 Å². The zero-order valence-corrected chi connectivity index (χ0v) is 17.0. The number of nitrogens with zero attached hydrogens (tertiary/aromatic N) is 1. The van der Waals surface area contributed by atoms with E-state index in [0.717, 1.165) is 54.3 Å². The van der Waals surface area contributed by atoms with E-state index < -0.39 is 0 Å². The summed E-state index contributed by atoms with van der Waals surface area (Å²) < 4.78 is 26.7. The van der Waals surface area contributed by atoms with Gasteiger partial charge < -0.3 is 13.9 Å². The molecule has 3 aromatic rings. The van der Waals surface area contributed by atoms with E-state index in [4.69, 9.17) is 9.15 Å². The molecule has 156 valence electrons. The molecule has 1 saturated carbocycles. The van der Waals surface area contributed by atoms with E-state index in [1.165, 1.54) is 12.8 Å². The van der Waals surface area contributed by atoms with Crippen molar-refractivity contribution < 1.29 is 18.3 Å². The lowest BCUT2D eigenvalue weighted by Crippen LogP contribution is -2.46. The Hall–Kier alpha value is -2.50. The van der Waals surface area contributed by atoms with E-state index in [1.54, 1.807) is 12.1 Å². The monoisotopic (exact) mass is 407 g/mol. The predicted octanol–water partition coefficient (Wildman–Crippen LogP) is 5.33. The quantitative estimate of drug-likeness (QED) is 0.497. The first kappa shape index (κ1) is 19.5. The Morgan fingerprint density at radius 2 is 1.87 bits per heavy atom. The Labute approximate surface area is 175 Å². The molecular weight excluding hydrogens is 381 g/mol. The van der Waals surface area contributed by atoms with Crippen LogP contribution in [-0.4, -0.2) is 30.4 Å². The summed E-state index contributed by atoms with van der Waals surface area (Å²) in [5, 5.41) is 0.960. The van der Waals surface area contributed by atoms with Gasteiger partial charge in [-0.1, -0.05) is 25.0 Å². The molecule has 2 aliphatic rings. The summed E-state index contributed by atoms with van der Waals surface area (Å²) in [6, 6.07) is 13.2.